The van der Waals surface area contributed by atoms with Gasteiger partial charge in [0.2, 0.25) is 5.91 Å². The topological polar surface area (TPSA) is 58.6 Å². The summed E-state index contributed by atoms with van der Waals surface area (Å²) in [6, 6.07) is -0.0723. The van der Waals surface area contributed by atoms with Gasteiger partial charge in [-0.25, -0.2) is 4.79 Å². The average Bonchev–Trinajstić information content (AvgIpc) is 2.60. The van der Waals surface area contributed by atoms with Crippen molar-refractivity contribution >= 4 is 12.0 Å². The van der Waals surface area contributed by atoms with Gasteiger partial charge in [0.1, 0.15) is 5.60 Å². The molecule has 0 spiro atoms. The quantitative estimate of drug-likeness (QED) is 0.851. The SMILES string of the molecule is CC(C)[C@@H](CN1CCCC1=O)NC(=O)OC(C)(C)C. The molecule has 1 rings (SSSR count). The van der Waals surface area contributed by atoms with Gasteiger partial charge in [-0.3, -0.25) is 4.79 Å². The molecular weight excluding hydrogens is 244 g/mol. The van der Waals surface area contributed by atoms with Gasteiger partial charge in [0.15, 0.2) is 0 Å². The normalized spacial score (nSPS) is 17.8. The van der Waals surface area contributed by atoms with E-state index in [0.717, 1.165) is 13.0 Å². The van der Waals surface area contributed by atoms with E-state index in [2.05, 4.69) is 5.32 Å². The predicted octanol–water partition coefficient (Wildman–Crippen LogP) is 2.16. The first kappa shape index (κ1) is 15.8. The minimum atomic E-state index is -0.505. The number of nitrogens with one attached hydrogen (secondary N) is 1. The fraction of sp³-hybridized carbons (Fsp3) is 0.857. The van der Waals surface area contributed by atoms with Crippen LogP contribution in [0, 0.1) is 5.92 Å². The zero-order chi connectivity index (χ0) is 14.6. The van der Waals surface area contributed by atoms with Crippen LogP contribution in [0.2, 0.25) is 0 Å². The van der Waals surface area contributed by atoms with Gasteiger partial charge in [0, 0.05) is 19.5 Å². The van der Waals surface area contributed by atoms with Gasteiger partial charge >= 0.3 is 6.09 Å². The number of carbonyl (C=O) groups excluding carboxylic acids is 2. The lowest BCUT2D eigenvalue weighted by atomic mass is 10.0. The average molecular weight is 270 g/mol. The van der Waals surface area contributed by atoms with Crippen molar-refractivity contribution in [1.29, 1.82) is 0 Å². The largest absolute Gasteiger partial charge is 0.444 e. The molecule has 1 heterocycles. The summed E-state index contributed by atoms with van der Waals surface area (Å²) in [6.45, 7) is 10.9. The van der Waals surface area contributed by atoms with E-state index < -0.39 is 11.7 Å². The number of likely N-dealkylation sites (tertiary alicyclic amines) is 1. The molecule has 1 saturated heterocycles. The third-order valence-corrected chi connectivity index (χ3v) is 3.10. The van der Waals surface area contributed by atoms with Crippen LogP contribution < -0.4 is 5.32 Å². The Morgan fingerprint density at radius 3 is 2.47 bits per heavy atom. The molecule has 0 aliphatic carbocycles. The Morgan fingerprint density at radius 2 is 2.05 bits per heavy atom. The summed E-state index contributed by atoms with van der Waals surface area (Å²) in [7, 11) is 0. The van der Waals surface area contributed by atoms with Crippen LogP contribution in [0.1, 0.15) is 47.5 Å². The van der Waals surface area contributed by atoms with E-state index >= 15 is 0 Å². The van der Waals surface area contributed by atoms with Gasteiger partial charge in [0.05, 0.1) is 6.04 Å². The summed E-state index contributed by atoms with van der Waals surface area (Å²) in [5, 5.41) is 2.87. The predicted molar refractivity (Wildman–Crippen MR) is 73.8 cm³/mol. The van der Waals surface area contributed by atoms with Gasteiger partial charge in [-0.15, -0.1) is 0 Å². The van der Waals surface area contributed by atoms with Crippen molar-refractivity contribution in [2.45, 2.75) is 59.1 Å². The van der Waals surface area contributed by atoms with E-state index in [1.165, 1.54) is 0 Å². The molecule has 1 aliphatic rings. The summed E-state index contributed by atoms with van der Waals surface area (Å²) >= 11 is 0. The number of ether oxygens (including phenoxy) is 1. The summed E-state index contributed by atoms with van der Waals surface area (Å²) in [5.74, 6) is 0.428. The number of hydrogen-bond donors (Lipinski definition) is 1. The van der Waals surface area contributed by atoms with Crippen LogP contribution in [-0.2, 0) is 9.53 Å². The standard InChI is InChI=1S/C14H26N2O3/c1-10(2)11(9-16-8-6-7-12(16)17)15-13(18)19-14(3,4)5/h10-11H,6-9H2,1-5H3,(H,15,18)/t11-/m1/s1. The molecule has 0 unspecified atom stereocenters. The minimum Gasteiger partial charge on any atom is -0.444 e. The van der Waals surface area contributed by atoms with Crippen LogP contribution in [0.25, 0.3) is 0 Å². The number of hydrogen-bond acceptors (Lipinski definition) is 3. The van der Waals surface area contributed by atoms with E-state index in [9.17, 15) is 9.59 Å². The third-order valence-electron chi connectivity index (χ3n) is 3.10. The lowest BCUT2D eigenvalue weighted by Crippen LogP contribution is -2.48. The van der Waals surface area contributed by atoms with Crippen molar-refractivity contribution in [2.75, 3.05) is 13.1 Å². The maximum absolute atomic E-state index is 11.8. The molecular formula is C14H26N2O3. The monoisotopic (exact) mass is 270 g/mol. The van der Waals surface area contributed by atoms with Crippen LogP contribution in [0.3, 0.4) is 0 Å². The zero-order valence-electron chi connectivity index (χ0n) is 12.7. The highest BCUT2D eigenvalue weighted by Gasteiger charge is 2.27. The van der Waals surface area contributed by atoms with Crippen LogP contribution in [0.4, 0.5) is 4.79 Å². The highest BCUT2D eigenvalue weighted by molar-refractivity contribution is 5.78. The molecule has 0 aromatic carbocycles. The second-order valence-corrected chi connectivity index (χ2v) is 6.44. The molecule has 19 heavy (non-hydrogen) atoms. The molecule has 110 valence electrons. The maximum atomic E-state index is 11.8. The van der Waals surface area contributed by atoms with Crippen molar-refractivity contribution in [3.8, 4) is 0 Å². The van der Waals surface area contributed by atoms with Crippen LogP contribution in [0.15, 0.2) is 0 Å². The Morgan fingerprint density at radius 1 is 1.42 bits per heavy atom. The Hall–Kier alpha value is -1.26. The molecule has 0 bridgehead atoms. The lowest BCUT2D eigenvalue weighted by molar-refractivity contribution is -0.128. The van der Waals surface area contributed by atoms with Crippen molar-refractivity contribution in [2.24, 2.45) is 5.92 Å². The molecule has 1 aliphatic heterocycles. The third kappa shape index (κ3) is 5.49. The summed E-state index contributed by atoms with van der Waals surface area (Å²) in [6.07, 6.45) is 1.12. The fourth-order valence-corrected chi connectivity index (χ4v) is 2.02. The van der Waals surface area contributed by atoms with Gasteiger partial charge in [-0.2, -0.15) is 0 Å². The molecule has 0 saturated carbocycles. The van der Waals surface area contributed by atoms with Gasteiger partial charge in [0.25, 0.3) is 0 Å². The first-order valence-electron chi connectivity index (χ1n) is 6.96. The zero-order valence-corrected chi connectivity index (χ0v) is 12.7. The van der Waals surface area contributed by atoms with Crippen LogP contribution in [0.5, 0.6) is 0 Å². The van der Waals surface area contributed by atoms with Crippen molar-refractivity contribution in [1.82, 2.24) is 10.2 Å². The molecule has 1 fully saturated rings. The van der Waals surface area contributed by atoms with E-state index in [4.69, 9.17) is 4.74 Å². The second kappa shape index (κ2) is 6.26. The Bertz CT molecular complexity index is 334. The number of rotatable bonds is 4. The van der Waals surface area contributed by atoms with Gasteiger partial charge < -0.3 is 15.0 Å². The molecule has 1 N–H and O–H groups in total. The second-order valence-electron chi connectivity index (χ2n) is 6.44. The van der Waals surface area contributed by atoms with E-state index in [1.807, 2.05) is 39.5 Å². The summed E-state index contributed by atoms with van der Waals surface area (Å²) in [4.78, 5) is 25.2. The first-order valence-corrected chi connectivity index (χ1v) is 6.96. The van der Waals surface area contributed by atoms with Gasteiger partial charge in [-0.05, 0) is 33.1 Å². The summed E-state index contributed by atoms with van der Waals surface area (Å²) in [5.41, 5.74) is -0.505. The van der Waals surface area contributed by atoms with Crippen molar-refractivity contribution in [3.63, 3.8) is 0 Å². The lowest BCUT2D eigenvalue weighted by Gasteiger charge is -2.29. The molecule has 2 amide bonds. The Balaban J connectivity index is 2.53. The van der Waals surface area contributed by atoms with Crippen molar-refractivity contribution < 1.29 is 14.3 Å². The number of alkyl carbamates (subject to hydrolysis) is 1. The smallest absolute Gasteiger partial charge is 0.407 e. The Labute approximate surface area is 115 Å². The molecule has 0 radical (unpaired) electrons. The van der Waals surface area contributed by atoms with E-state index in [0.29, 0.717) is 13.0 Å². The van der Waals surface area contributed by atoms with Crippen LogP contribution >= 0.6 is 0 Å². The number of carbonyl (C=O) groups is 2. The van der Waals surface area contributed by atoms with Crippen molar-refractivity contribution in [3.05, 3.63) is 0 Å². The molecule has 5 nitrogen and oxygen atoms in total. The van der Waals surface area contributed by atoms with E-state index in [1.54, 1.807) is 0 Å². The van der Waals surface area contributed by atoms with E-state index in [-0.39, 0.29) is 17.9 Å². The highest BCUT2D eigenvalue weighted by Crippen LogP contribution is 2.14. The van der Waals surface area contributed by atoms with Crippen LogP contribution in [-0.4, -0.2) is 41.6 Å². The Kier molecular flexibility index (Phi) is 5.20. The highest BCUT2D eigenvalue weighted by atomic mass is 16.6. The van der Waals surface area contributed by atoms with Gasteiger partial charge in [-0.1, -0.05) is 13.8 Å². The minimum absolute atomic E-state index is 0.0723. The maximum Gasteiger partial charge on any atom is 0.407 e. The number of amides is 2. The first-order chi connectivity index (χ1) is 8.69. The molecule has 5 heteroatoms. The molecule has 1 atom stereocenters. The fourth-order valence-electron chi connectivity index (χ4n) is 2.02. The summed E-state index contributed by atoms with van der Waals surface area (Å²) < 4.78 is 5.26. The molecule has 0 aromatic rings. The molecule has 0 aromatic heterocycles. The number of nitrogens with zero attached hydrogens (tertiary/aromatic N) is 1.